The molecule has 4 rings (SSSR count). The standard InChI is InChI=1S/C22H29N5O4/c1-22(2,3)31-21(30)26-11-9-14(10-12-26)27-18-6-4-5-16(15(18)13-23-27)24-17-7-8-19(28)25-20(17)29/h4-6,13-14,17,24H,7-12H2,1-3H3,(H,25,28,29). The van der Waals surface area contributed by atoms with Gasteiger partial charge >= 0.3 is 6.09 Å². The lowest BCUT2D eigenvalue weighted by molar-refractivity contribution is -0.133. The molecule has 166 valence electrons. The van der Waals surface area contributed by atoms with Gasteiger partial charge in [0.15, 0.2) is 0 Å². The summed E-state index contributed by atoms with van der Waals surface area (Å²) in [5.41, 5.74) is 1.30. The van der Waals surface area contributed by atoms with Crippen molar-refractivity contribution in [2.24, 2.45) is 0 Å². The Balaban J connectivity index is 1.46. The summed E-state index contributed by atoms with van der Waals surface area (Å²) in [5.74, 6) is -0.526. The monoisotopic (exact) mass is 427 g/mol. The largest absolute Gasteiger partial charge is 0.444 e. The lowest BCUT2D eigenvalue weighted by atomic mass is 10.0. The number of hydrogen-bond acceptors (Lipinski definition) is 6. The topological polar surface area (TPSA) is 106 Å². The van der Waals surface area contributed by atoms with Crippen LogP contribution < -0.4 is 10.6 Å². The van der Waals surface area contributed by atoms with Crippen molar-refractivity contribution in [3.8, 4) is 0 Å². The quantitative estimate of drug-likeness (QED) is 0.730. The third-order valence-electron chi connectivity index (χ3n) is 5.67. The van der Waals surface area contributed by atoms with E-state index in [1.165, 1.54) is 0 Å². The van der Waals surface area contributed by atoms with E-state index < -0.39 is 11.6 Å². The van der Waals surface area contributed by atoms with Crippen molar-refractivity contribution < 1.29 is 19.1 Å². The number of anilines is 1. The van der Waals surface area contributed by atoms with Crippen molar-refractivity contribution in [2.75, 3.05) is 18.4 Å². The van der Waals surface area contributed by atoms with Gasteiger partial charge in [0.25, 0.3) is 0 Å². The molecule has 3 heterocycles. The second-order valence-electron chi connectivity index (χ2n) is 9.17. The number of fused-ring (bicyclic) bond motifs is 1. The van der Waals surface area contributed by atoms with Crippen LogP contribution in [0.4, 0.5) is 10.5 Å². The summed E-state index contributed by atoms with van der Waals surface area (Å²) < 4.78 is 7.49. The lowest BCUT2D eigenvalue weighted by Crippen LogP contribution is -2.47. The summed E-state index contributed by atoms with van der Waals surface area (Å²) in [5, 5.41) is 11.2. The van der Waals surface area contributed by atoms with Crippen LogP contribution in [0.15, 0.2) is 24.4 Å². The smallest absolute Gasteiger partial charge is 0.410 e. The molecule has 2 aliphatic heterocycles. The predicted octanol–water partition coefficient (Wildman–Crippen LogP) is 2.83. The molecule has 9 nitrogen and oxygen atoms in total. The molecule has 2 aliphatic rings. The molecule has 2 aromatic rings. The fraction of sp³-hybridized carbons (Fsp3) is 0.545. The maximum absolute atomic E-state index is 12.3. The van der Waals surface area contributed by atoms with Gasteiger partial charge < -0.3 is 15.0 Å². The molecular formula is C22H29N5O4. The van der Waals surface area contributed by atoms with Gasteiger partial charge in [0.2, 0.25) is 11.8 Å². The van der Waals surface area contributed by atoms with E-state index in [2.05, 4.69) is 15.7 Å². The normalized spacial score (nSPS) is 20.6. The highest BCUT2D eigenvalue weighted by Crippen LogP contribution is 2.30. The Morgan fingerprint density at radius 2 is 1.94 bits per heavy atom. The summed E-state index contributed by atoms with van der Waals surface area (Å²) >= 11 is 0. The zero-order valence-corrected chi connectivity index (χ0v) is 18.2. The van der Waals surface area contributed by atoms with Gasteiger partial charge in [-0.15, -0.1) is 0 Å². The molecule has 1 aromatic carbocycles. The van der Waals surface area contributed by atoms with Crippen molar-refractivity contribution in [2.45, 2.75) is 64.1 Å². The minimum atomic E-state index is -0.502. The molecule has 1 unspecified atom stereocenters. The minimum Gasteiger partial charge on any atom is -0.444 e. The third kappa shape index (κ3) is 4.65. The molecule has 2 fully saturated rings. The molecule has 0 aliphatic carbocycles. The van der Waals surface area contributed by atoms with E-state index >= 15 is 0 Å². The first-order valence-electron chi connectivity index (χ1n) is 10.8. The Morgan fingerprint density at radius 3 is 2.61 bits per heavy atom. The van der Waals surface area contributed by atoms with Crippen molar-refractivity contribution in [3.05, 3.63) is 24.4 Å². The maximum Gasteiger partial charge on any atom is 0.410 e. The highest BCUT2D eigenvalue weighted by atomic mass is 16.6. The predicted molar refractivity (Wildman–Crippen MR) is 116 cm³/mol. The zero-order chi connectivity index (χ0) is 22.2. The van der Waals surface area contributed by atoms with E-state index in [1.54, 1.807) is 4.90 Å². The summed E-state index contributed by atoms with van der Waals surface area (Å²) in [6.07, 6.45) is 3.92. The Labute approximate surface area is 181 Å². The number of piperidine rings is 2. The van der Waals surface area contributed by atoms with E-state index in [0.29, 0.717) is 25.9 Å². The number of nitrogens with one attached hydrogen (secondary N) is 2. The van der Waals surface area contributed by atoms with Gasteiger partial charge in [-0.1, -0.05) is 6.07 Å². The molecule has 0 radical (unpaired) electrons. The first kappa shape index (κ1) is 21.1. The third-order valence-corrected chi connectivity index (χ3v) is 5.67. The van der Waals surface area contributed by atoms with Crippen LogP contribution >= 0.6 is 0 Å². The van der Waals surface area contributed by atoms with E-state index in [9.17, 15) is 14.4 Å². The van der Waals surface area contributed by atoms with Gasteiger partial charge in [-0.05, 0) is 52.2 Å². The number of amides is 3. The molecule has 2 saturated heterocycles. The van der Waals surface area contributed by atoms with Crippen LogP contribution in [0.25, 0.3) is 10.9 Å². The first-order chi connectivity index (χ1) is 14.7. The lowest BCUT2D eigenvalue weighted by Gasteiger charge is -2.33. The second kappa shape index (κ2) is 8.20. The fourth-order valence-corrected chi connectivity index (χ4v) is 4.13. The minimum absolute atomic E-state index is 0.182. The van der Waals surface area contributed by atoms with Gasteiger partial charge in [0, 0.05) is 30.6 Å². The summed E-state index contributed by atoms with van der Waals surface area (Å²) in [6, 6.07) is 5.61. The fourth-order valence-electron chi connectivity index (χ4n) is 4.13. The Kier molecular flexibility index (Phi) is 5.60. The summed E-state index contributed by atoms with van der Waals surface area (Å²) in [4.78, 5) is 37.6. The zero-order valence-electron chi connectivity index (χ0n) is 18.2. The molecule has 0 saturated carbocycles. The van der Waals surface area contributed by atoms with Crippen molar-refractivity contribution in [1.29, 1.82) is 0 Å². The van der Waals surface area contributed by atoms with Crippen LogP contribution in [0, 0.1) is 0 Å². The van der Waals surface area contributed by atoms with E-state index in [4.69, 9.17) is 4.74 Å². The second-order valence-corrected chi connectivity index (χ2v) is 9.17. The molecule has 2 N–H and O–H groups in total. The highest BCUT2D eigenvalue weighted by molar-refractivity contribution is 6.02. The molecular weight excluding hydrogens is 398 g/mol. The van der Waals surface area contributed by atoms with Gasteiger partial charge in [-0.2, -0.15) is 5.10 Å². The van der Waals surface area contributed by atoms with E-state index in [1.807, 2.05) is 49.8 Å². The number of hydrogen-bond donors (Lipinski definition) is 2. The summed E-state index contributed by atoms with van der Waals surface area (Å²) in [6.45, 7) is 6.85. The number of carbonyl (C=O) groups is 3. The average molecular weight is 428 g/mol. The van der Waals surface area contributed by atoms with E-state index in [-0.39, 0.29) is 23.9 Å². The maximum atomic E-state index is 12.3. The van der Waals surface area contributed by atoms with Crippen LogP contribution in [0.3, 0.4) is 0 Å². The molecule has 0 bridgehead atoms. The van der Waals surface area contributed by atoms with Gasteiger partial charge in [-0.3, -0.25) is 19.6 Å². The number of likely N-dealkylation sites (tertiary alicyclic amines) is 1. The average Bonchev–Trinajstić information content (AvgIpc) is 3.14. The number of aromatic nitrogens is 2. The van der Waals surface area contributed by atoms with Crippen molar-refractivity contribution >= 4 is 34.5 Å². The SMILES string of the molecule is CC(C)(C)OC(=O)N1CCC(n2ncc3c(NC4CCC(=O)NC4=O)cccc32)CC1. The van der Waals surface area contributed by atoms with Gasteiger partial charge in [0.05, 0.1) is 17.8 Å². The van der Waals surface area contributed by atoms with Crippen LogP contribution in [-0.2, 0) is 14.3 Å². The Bertz CT molecular complexity index is 1000. The number of nitrogens with zero attached hydrogens (tertiary/aromatic N) is 3. The van der Waals surface area contributed by atoms with Crippen molar-refractivity contribution in [3.63, 3.8) is 0 Å². The number of benzene rings is 1. The Hall–Kier alpha value is -3.10. The molecule has 1 atom stereocenters. The molecule has 9 heteroatoms. The molecule has 0 spiro atoms. The Morgan fingerprint density at radius 1 is 1.19 bits per heavy atom. The first-order valence-corrected chi connectivity index (χ1v) is 10.8. The van der Waals surface area contributed by atoms with Crippen LogP contribution in [0.2, 0.25) is 0 Å². The number of carbonyl (C=O) groups excluding carboxylic acids is 3. The number of ether oxygens (including phenoxy) is 1. The van der Waals surface area contributed by atoms with Crippen LogP contribution in [-0.4, -0.2) is 57.3 Å². The number of rotatable bonds is 3. The van der Waals surface area contributed by atoms with Crippen LogP contribution in [0.5, 0.6) is 0 Å². The molecule has 3 amide bonds. The van der Waals surface area contributed by atoms with Crippen LogP contribution in [0.1, 0.15) is 52.5 Å². The molecule has 31 heavy (non-hydrogen) atoms. The van der Waals surface area contributed by atoms with Gasteiger partial charge in [0.1, 0.15) is 11.6 Å². The highest BCUT2D eigenvalue weighted by Gasteiger charge is 2.29. The summed E-state index contributed by atoms with van der Waals surface area (Å²) in [7, 11) is 0. The van der Waals surface area contributed by atoms with Gasteiger partial charge in [-0.25, -0.2) is 4.79 Å². The van der Waals surface area contributed by atoms with Crippen molar-refractivity contribution in [1.82, 2.24) is 20.0 Å². The number of imide groups is 1. The van der Waals surface area contributed by atoms with E-state index in [0.717, 1.165) is 29.4 Å². The molecule has 1 aromatic heterocycles.